The Kier molecular flexibility index (Phi) is 3.40. The highest BCUT2D eigenvalue weighted by molar-refractivity contribution is 6.42. The van der Waals surface area contributed by atoms with Gasteiger partial charge in [-0.2, -0.15) is 0 Å². The number of aromatic hydroxyl groups is 1. The summed E-state index contributed by atoms with van der Waals surface area (Å²) in [5.41, 5.74) is 1.69. The van der Waals surface area contributed by atoms with Crippen LogP contribution < -0.4 is 4.74 Å². The van der Waals surface area contributed by atoms with E-state index in [1.807, 2.05) is 0 Å². The molecule has 0 radical (unpaired) electrons. The van der Waals surface area contributed by atoms with Gasteiger partial charge in [0.2, 0.25) is 5.78 Å². The molecule has 3 nitrogen and oxygen atoms in total. The topological polar surface area (TPSA) is 46.5 Å². The smallest absolute Gasteiger partial charge is 0.231 e. The van der Waals surface area contributed by atoms with Crippen molar-refractivity contribution in [1.29, 1.82) is 0 Å². The molecule has 1 heterocycles. The summed E-state index contributed by atoms with van der Waals surface area (Å²) in [5, 5.41) is 10.5. The van der Waals surface area contributed by atoms with Gasteiger partial charge in [-0.25, -0.2) is 0 Å². The summed E-state index contributed by atoms with van der Waals surface area (Å²) in [5.74, 6) is 0.458. The maximum absolute atomic E-state index is 12.3. The van der Waals surface area contributed by atoms with Crippen molar-refractivity contribution in [3.63, 3.8) is 0 Å². The van der Waals surface area contributed by atoms with E-state index in [2.05, 4.69) is 0 Å². The van der Waals surface area contributed by atoms with Crippen LogP contribution in [0.4, 0.5) is 0 Å². The summed E-state index contributed by atoms with van der Waals surface area (Å²) in [6.45, 7) is 1.70. The predicted octanol–water partition coefficient (Wildman–Crippen LogP) is 4.62. The van der Waals surface area contributed by atoms with Crippen molar-refractivity contribution in [3.05, 3.63) is 62.8 Å². The largest absolute Gasteiger partial charge is 0.508 e. The van der Waals surface area contributed by atoms with Gasteiger partial charge in [-0.15, -0.1) is 0 Å². The van der Waals surface area contributed by atoms with Gasteiger partial charge in [-0.3, -0.25) is 4.79 Å². The highest BCUT2D eigenvalue weighted by Crippen LogP contribution is 2.38. The molecule has 1 aliphatic heterocycles. The molecule has 21 heavy (non-hydrogen) atoms. The van der Waals surface area contributed by atoms with Crippen molar-refractivity contribution < 1.29 is 14.6 Å². The zero-order valence-corrected chi connectivity index (χ0v) is 12.5. The molecule has 0 aromatic heterocycles. The number of ether oxygens (including phenoxy) is 1. The minimum Gasteiger partial charge on any atom is -0.508 e. The average molecular weight is 321 g/mol. The van der Waals surface area contributed by atoms with Crippen LogP contribution in [0.2, 0.25) is 10.0 Å². The number of Topliss-reactive ketones (excluding diaryl/α,β-unsaturated/α-hetero) is 1. The molecule has 1 N–H and O–H groups in total. The van der Waals surface area contributed by atoms with Gasteiger partial charge in [0, 0.05) is 5.56 Å². The van der Waals surface area contributed by atoms with Crippen LogP contribution in [-0.4, -0.2) is 10.9 Å². The van der Waals surface area contributed by atoms with E-state index in [9.17, 15) is 9.90 Å². The van der Waals surface area contributed by atoms with Gasteiger partial charge in [0.05, 0.1) is 15.6 Å². The van der Waals surface area contributed by atoms with E-state index in [-0.39, 0.29) is 17.3 Å². The number of hydrogen-bond acceptors (Lipinski definition) is 3. The third-order valence-corrected chi connectivity index (χ3v) is 4.04. The quantitative estimate of drug-likeness (QED) is 0.779. The van der Waals surface area contributed by atoms with Gasteiger partial charge in [-0.05, 0) is 42.8 Å². The molecule has 0 unspecified atom stereocenters. The summed E-state index contributed by atoms with van der Waals surface area (Å²) in [4.78, 5) is 12.3. The molecule has 0 saturated heterocycles. The number of carbonyl (C=O) groups excluding carboxylic acids is 1. The molecule has 0 spiro atoms. The predicted molar refractivity (Wildman–Crippen MR) is 82.2 cm³/mol. The van der Waals surface area contributed by atoms with Crippen molar-refractivity contribution in [3.8, 4) is 11.5 Å². The van der Waals surface area contributed by atoms with Gasteiger partial charge in [-0.1, -0.05) is 29.3 Å². The van der Waals surface area contributed by atoms with E-state index >= 15 is 0 Å². The van der Waals surface area contributed by atoms with Gasteiger partial charge in [0.25, 0.3) is 0 Å². The Morgan fingerprint density at radius 1 is 1.14 bits per heavy atom. The van der Waals surface area contributed by atoms with Gasteiger partial charge >= 0.3 is 0 Å². The maximum atomic E-state index is 12.3. The van der Waals surface area contributed by atoms with E-state index < -0.39 is 0 Å². The molecule has 0 saturated carbocycles. The molecule has 0 fully saturated rings. The van der Waals surface area contributed by atoms with Gasteiger partial charge in [0.1, 0.15) is 11.5 Å². The molecule has 0 atom stereocenters. The van der Waals surface area contributed by atoms with Gasteiger partial charge in [0.15, 0.2) is 5.76 Å². The van der Waals surface area contributed by atoms with Crippen LogP contribution in [0.15, 0.2) is 36.1 Å². The fourth-order valence-electron chi connectivity index (χ4n) is 2.13. The second-order valence-electron chi connectivity index (χ2n) is 4.70. The van der Waals surface area contributed by atoms with Crippen LogP contribution in [-0.2, 0) is 0 Å². The number of allylic oxidation sites excluding steroid dienone is 1. The Labute approximate surface area is 131 Å². The number of hydrogen-bond donors (Lipinski definition) is 1. The standard InChI is InChI=1S/C16H10Cl2O3/c1-8-13(19)5-3-10-15(20)14(21-16(8)10)7-9-2-4-11(17)12(18)6-9/h2-7,19H,1H3/b14-7-. The van der Waals surface area contributed by atoms with Crippen LogP contribution in [0.5, 0.6) is 11.5 Å². The van der Waals surface area contributed by atoms with Crippen molar-refractivity contribution in [2.45, 2.75) is 6.92 Å². The number of ketones is 1. The first kappa shape index (κ1) is 14.0. The molecule has 0 amide bonds. The normalized spacial score (nSPS) is 15.2. The minimum absolute atomic E-state index is 0.0948. The Morgan fingerprint density at radius 2 is 1.90 bits per heavy atom. The number of halogens is 2. The molecular formula is C16H10Cl2O3. The zero-order valence-electron chi connectivity index (χ0n) is 11.0. The summed E-state index contributed by atoms with van der Waals surface area (Å²) in [6.07, 6.45) is 1.60. The maximum Gasteiger partial charge on any atom is 0.231 e. The number of benzene rings is 2. The molecule has 2 aromatic carbocycles. The second-order valence-corrected chi connectivity index (χ2v) is 5.51. The minimum atomic E-state index is -0.223. The lowest BCUT2D eigenvalue weighted by Crippen LogP contribution is -1.97. The summed E-state index contributed by atoms with van der Waals surface area (Å²) in [7, 11) is 0. The van der Waals surface area contributed by atoms with E-state index in [0.717, 1.165) is 0 Å². The van der Waals surface area contributed by atoms with Crippen molar-refractivity contribution in [2.75, 3.05) is 0 Å². The van der Waals surface area contributed by atoms with Crippen LogP contribution in [0.1, 0.15) is 21.5 Å². The number of phenolic OH excluding ortho intramolecular Hbond substituents is 1. The SMILES string of the molecule is Cc1c(O)ccc2c1O/C(=C\c1ccc(Cl)c(Cl)c1)C2=O. The Hall–Kier alpha value is -1.97. The lowest BCUT2D eigenvalue weighted by molar-refractivity contribution is 0.101. The molecule has 0 bridgehead atoms. The number of rotatable bonds is 1. The van der Waals surface area contributed by atoms with E-state index in [1.165, 1.54) is 6.07 Å². The van der Waals surface area contributed by atoms with Crippen LogP contribution >= 0.6 is 23.2 Å². The fourth-order valence-corrected chi connectivity index (χ4v) is 2.44. The Balaban J connectivity index is 2.02. The highest BCUT2D eigenvalue weighted by atomic mass is 35.5. The highest BCUT2D eigenvalue weighted by Gasteiger charge is 2.29. The first-order chi connectivity index (χ1) is 9.97. The average Bonchev–Trinajstić information content (AvgIpc) is 2.76. The summed E-state index contributed by atoms with van der Waals surface area (Å²) >= 11 is 11.8. The van der Waals surface area contributed by atoms with Crippen molar-refractivity contribution >= 4 is 35.1 Å². The Morgan fingerprint density at radius 3 is 2.62 bits per heavy atom. The van der Waals surface area contributed by atoms with E-state index in [0.29, 0.717) is 32.5 Å². The first-order valence-corrected chi connectivity index (χ1v) is 6.95. The molecule has 1 aliphatic rings. The molecule has 0 aliphatic carbocycles. The number of fused-ring (bicyclic) bond motifs is 1. The molecule has 3 rings (SSSR count). The second kappa shape index (κ2) is 5.10. The summed E-state index contributed by atoms with van der Waals surface area (Å²) in [6, 6.07) is 8.08. The number of carbonyl (C=O) groups is 1. The summed E-state index contributed by atoms with van der Waals surface area (Å²) < 4.78 is 5.58. The van der Waals surface area contributed by atoms with Crippen LogP contribution in [0, 0.1) is 6.92 Å². The monoisotopic (exact) mass is 320 g/mol. The molecule has 106 valence electrons. The lowest BCUT2D eigenvalue weighted by atomic mass is 10.1. The van der Waals surface area contributed by atoms with Crippen LogP contribution in [0.25, 0.3) is 6.08 Å². The first-order valence-electron chi connectivity index (χ1n) is 6.19. The molecular weight excluding hydrogens is 311 g/mol. The molecule has 5 heteroatoms. The van der Waals surface area contributed by atoms with Crippen molar-refractivity contribution in [2.24, 2.45) is 0 Å². The fraction of sp³-hybridized carbons (Fsp3) is 0.0625. The molecule has 2 aromatic rings. The third kappa shape index (κ3) is 2.39. The van der Waals surface area contributed by atoms with E-state index in [1.54, 1.807) is 37.3 Å². The third-order valence-electron chi connectivity index (χ3n) is 3.30. The lowest BCUT2D eigenvalue weighted by Gasteiger charge is -2.04. The Bertz CT molecular complexity index is 794. The number of phenols is 1. The van der Waals surface area contributed by atoms with Crippen molar-refractivity contribution in [1.82, 2.24) is 0 Å². The van der Waals surface area contributed by atoms with Gasteiger partial charge < -0.3 is 9.84 Å². The van der Waals surface area contributed by atoms with Crippen LogP contribution in [0.3, 0.4) is 0 Å². The zero-order chi connectivity index (χ0) is 15.1. The van der Waals surface area contributed by atoms with E-state index in [4.69, 9.17) is 27.9 Å².